The van der Waals surface area contributed by atoms with E-state index in [0.29, 0.717) is 0 Å². The number of likely N-dealkylation sites (tertiary alicyclic amines) is 1. The fraction of sp³-hybridized carbons (Fsp3) is 0.875. The van der Waals surface area contributed by atoms with E-state index < -0.39 is 0 Å². The summed E-state index contributed by atoms with van der Waals surface area (Å²) in [4.78, 5) is 2.64. The smallest absolute Gasteiger partial charge is 0.0192 e. The van der Waals surface area contributed by atoms with Crippen molar-refractivity contribution in [3.63, 3.8) is 0 Å². The van der Waals surface area contributed by atoms with Crippen LogP contribution in [0.3, 0.4) is 0 Å². The molecule has 1 heterocycles. The zero-order valence-corrected chi connectivity index (χ0v) is 11.9. The molecular weight excluding hydrogens is 220 g/mol. The number of rotatable bonds is 3. The van der Waals surface area contributed by atoms with Gasteiger partial charge in [0.1, 0.15) is 0 Å². The number of hydrogen-bond donors (Lipinski definition) is 1. The van der Waals surface area contributed by atoms with Crippen molar-refractivity contribution in [2.45, 2.75) is 57.8 Å². The highest BCUT2D eigenvalue weighted by molar-refractivity contribution is 5.05. The molecule has 0 unspecified atom stereocenters. The second-order valence-corrected chi connectivity index (χ2v) is 6.15. The van der Waals surface area contributed by atoms with Crippen LogP contribution in [0.2, 0.25) is 0 Å². The molecule has 2 aliphatic rings. The molecule has 1 saturated heterocycles. The first kappa shape index (κ1) is 14.1. The van der Waals surface area contributed by atoms with Crippen LogP contribution in [0.4, 0.5) is 0 Å². The predicted molar refractivity (Wildman–Crippen MR) is 78.6 cm³/mol. The predicted octanol–water partition coefficient (Wildman–Crippen LogP) is 3.33. The largest absolute Gasteiger partial charge is 0.330 e. The van der Waals surface area contributed by atoms with Gasteiger partial charge < -0.3 is 5.73 Å². The molecule has 2 nitrogen and oxygen atoms in total. The van der Waals surface area contributed by atoms with Gasteiger partial charge in [-0.2, -0.15) is 0 Å². The third kappa shape index (κ3) is 4.74. The maximum absolute atomic E-state index is 5.82. The first-order valence-corrected chi connectivity index (χ1v) is 7.99. The van der Waals surface area contributed by atoms with Crippen molar-refractivity contribution < 1.29 is 0 Å². The van der Waals surface area contributed by atoms with Crippen molar-refractivity contribution in [3.05, 3.63) is 11.6 Å². The molecule has 0 aromatic rings. The molecule has 1 atom stereocenters. The second-order valence-electron chi connectivity index (χ2n) is 6.15. The molecule has 1 fully saturated rings. The fourth-order valence-electron chi connectivity index (χ4n) is 3.35. The van der Waals surface area contributed by atoms with Gasteiger partial charge in [0.2, 0.25) is 0 Å². The molecule has 1 aliphatic heterocycles. The van der Waals surface area contributed by atoms with Crippen LogP contribution < -0.4 is 5.73 Å². The number of nitrogens with zero attached hydrogens (tertiary/aromatic N) is 1. The Balaban J connectivity index is 1.82. The van der Waals surface area contributed by atoms with E-state index in [1.165, 1.54) is 77.4 Å². The molecule has 2 heteroatoms. The molecule has 0 amide bonds. The summed E-state index contributed by atoms with van der Waals surface area (Å²) in [6.45, 7) is 4.60. The van der Waals surface area contributed by atoms with Crippen LogP contribution in [0, 0.1) is 5.92 Å². The topological polar surface area (TPSA) is 29.3 Å². The molecular formula is C16H30N2. The molecule has 2 N–H and O–H groups in total. The van der Waals surface area contributed by atoms with Crippen molar-refractivity contribution >= 4 is 0 Å². The first-order valence-electron chi connectivity index (χ1n) is 7.99. The average molecular weight is 250 g/mol. The minimum atomic E-state index is 0.746. The minimum absolute atomic E-state index is 0.746. The summed E-state index contributed by atoms with van der Waals surface area (Å²) in [5.41, 5.74) is 7.53. The summed E-state index contributed by atoms with van der Waals surface area (Å²) < 4.78 is 0. The minimum Gasteiger partial charge on any atom is -0.330 e. The van der Waals surface area contributed by atoms with Gasteiger partial charge in [0.15, 0.2) is 0 Å². The SMILES string of the molecule is NC[C@H]1CCCN(C/C2=C/CCCCCCC2)C1. The summed E-state index contributed by atoms with van der Waals surface area (Å²) in [7, 11) is 0. The van der Waals surface area contributed by atoms with E-state index in [0.717, 1.165) is 12.5 Å². The van der Waals surface area contributed by atoms with E-state index in [1.54, 1.807) is 5.57 Å². The summed E-state index contributed by atoms with van der Waals surface area (Å²) in [6, 6.07) is 0. The lowest BCUT2D eigenvalue weighted by atomic mass is 9.97. The maximum atomic E-state index is 5.82. The highest BCUT2D eigenvalue weighted by Crippen LogP contribution is 2.21. The highest BCUT2D eigenvalue weighted by Gasteiger charge is 2.19. The highest BCUT2D eigenvalue weighted by atomic mass is 15.1. The third-order valence-electron chi connectivity index (χ3n) is 4.50. The standard InChI is InChI=1S/C16H30N2/c17-12-16-10-7-11-18(14-16)13-15-8-5-3-1-2-4-6-9-15/h8,16H,1-7,9-14,17H2/b15-8+/t16-/m1/s1. The van der Waals surface area contributed by atoms with Gasteiger partial charge >= 0.3 is 0 Å². The van der Waals surface area contributed by atoms with Gasteiger partial charge in [0, 0.05) is 13.1 Å². The van der Waals surface area contributed by atoms with E-state index in [-0.39, 0.29) is 0 Å². The van der Waals surface area contributed by atoms with Gasteiger partial charge in [-0.3, -0.25) is 4.90 Å². The van der Waals surface area contributed by atoms with Crippen molar-refractivity contribution in [2.24, 2.45) is 11.7 Å². The van der Waals surface area contributed by atoms with Gasteiger partial charge in [0.05, 0.1) is 0 Å². The Bertz CT molecular complexity index is 260. The van der Waals surface area contributed by atoms with Crippen molar-refractivity contribution in [3.8, 4) is 0 Å². The molecule has 0 spiro atoms. The Morgan fingerprint density at radius 1 is 1.11 bits per heavy atom. The summed E-state index contributed by atoms with van der Waals surface area (Å²) in [5, 5.41) is 0. The van der Waals surface area contributed by atoms with E-state index in [4.69, 9.17) is 5.73 Å². The van der Waals surface area contributed by atoms with Gasteiger partial charge in [-0.05, 0) is 57.5 Å². The number of allylic oxidation sites excluding steroid dienone is 1. The molecule has 2 rings (SSSR count). The van der Waals surface area contributed by atoms with Crippen LogP contribution in [0.5, 0.6) is 0 Å². The first-order chi connectivity index (χ1) is 8.88. The van der Waals surface area contributed by atoms with Crippen LogP contribution in [-0.2, 0) is 0 Å². The van der Waals surface area contributed by atoms with Crippen molar-refractivity contribution in [2.75, 3.05) is 26.2 Å². The molecule has 104 valence electrons. The fourth-order valence-corrected chi connectivity index (χ4v) is 3.35. The van der Waals surface area contributed by atoms with E-state index in [2.05, 4.69) is 11.0 Å². The molecule has 0 saturated carbocycles. The molecule has 0 bridgehead atoms. The normalized spacial score (nSPS) is 30.9. The zero-order valence-electron chi connectivity index (χ0n) is 11.9. The second kappa shape index (κ2) is 7.96. The molecule has 18 heavy (non-hydrogen) atoms. The Hall–Kier alpha value is -0.340. The van der Waals surface area contributed by atoms with Gasteiger partial charge in [-0.15, -0.1) is 0 Å². The van der Waals surface area contributed by atoms with E-state index >= 15 is 0 Å². The quantitative estimate of drug-likeness (QED) is 0.779. The van der Waals surface area contributed by atoms with Crippen LogP contribution >= 0.6 is 0 Å². The number of piperidine rings is 1. The molecule has 1 aliphatic carbocycles. The molecule has 0 aromatic carbocycles. The van der Waals surface area contributed by atoms with Gasteiger partial charge in [0.25, 0.3) is 0 Å². The molecule has 0 radical (unpaired) electrons. The van der Waals surface area contributed by atoms with E-state index in [1.807, 2.05) is 0 Å². The lowest BCUT2D eigenvalue weighted by Gasteiger charge is -2.32. The average Bonchev–Trinajstić information content (AvgIpc) is 2.53. The third-order valence-corrected chi connectivity index (χ3v) is 4.50. The Kier molecular flexibility index (Phi) is 6.22. The summed E-state index contributed by atoms with van der Waals surface area (Å²) in [5.74, 6) is 0.746. The van der Waals surface area contributed by atoms with Gasteiger partial charge in [-0.25, -0.2) is 0 Å². The van der Waals surface area contributed by atoms with Crippen molar-refractivity contribution in [1.82, 2.24) is 4.90 Å². The Morgan fingerprint density at radius 2 is 1.94 bits per heavy atom. The Labute approximate surface area is 113 Å². The molecule has 0 aromatic heterocycles. The van der Waals surface area contributed by atoms with Crippen molar-refractivity contribution in [1.29, 1.82) is 0 Å². The number of hydrogen-bond acceptors (Lipinski definition) is 2. The number of nitrogens with two attached hydrogens (primary N) is 1. The van der Waals surface area contributed by atoms with Crippen LogP contribution in [-0.4, -0.2) is 31.1 Å². The summed E-state index contributed by atoms with van der Waals surface area (Å²) in [6.07, 6.45) is 15.0. The lowest BCUT2D eigenvalue weighted by Crippen LogP contribution is -2.39. The van der Waals surface area contributed by atoms with Crippen LogP contribution in [0.1, 0.15) is 57.8 Å². The van der Waals surface area contributed by atoms with Crippen LogP contribution in [0.15, 0.2) is 11.6 Å². The zero-order chi connectivity index (χ0) is 12.6. The lowest BCUT2D eigenvalue weighted by molar-refractivity contribution is 0.190. The Morgan fingerprint density at radius 3 is 2.83 bits per heavy atom. The maximum Gasteiger partial charge on any atom is 0.0192 e. The van der Waals surface area contributed by atoms with Crippen LogP contribution in [0.25, 0.3) is 0 Å². The monoisotopic (exact) mass is 250 g/mol. The van der Waals surface area contributed by atoms with E-state index in [9.17, 15) is 0 Å². The summed E-state index contributed by atoms with van der Waals surface area (Å²) >= 11 is 0. The van der Waals surface area contributed by atoms with Gasteiger partial charge in [-0.1, -0.05) is 30.9 Å².